The van der Waals surface area contributed by atoms with Gasteiger partial charge < -0.3 is 4.74 Å². The summed E-state index contributed by atoms with van der Waals surface area (Å²) in [5.41, 5.74) is 1.48. The number of ether oxygens (including phenoxy) is 1. The first-order chi connectivity index (χ1) is 6.95. The van der Waals surface area contributed by atoms with Gasteiger partial charge in [-0.1, -0.05) is 42.8 Å². The van der Waals surface area contributed by atoms with E-state index in [1.165, 1.54) is 5.56 Å². The van der Waals surface area contributed by atoms with Gasteiger partial charge in [-0.15, -0.1) is 0 Å². The van der Waals surface area contributed by atoms with Crippen LogP contribution in [0.25, 0.3) is 0 Å². The molecule has 0 fully saturated rings. The maximum absolute atomic E-state index is 5.56. The SMILES string of the molecule is CC(C)(C)c1ccc(OCCBr)c(Br)c1. The predicted molar refractivity (Wildman–Crippen MR) is 72.1 cm³/mol. The maximum atomic E-state index is 5.56. The van der Waals surface area contributed by atoms with E-state index in [2.05, 4.69) is 64.8 Å². The first-order valence-electron chi connectivity index (χ1n) is 4.94. The second-order valence-corrected chi connectivity index (χ2v) is 6.08. The minimum absolute atomic E-state index is 0.177. The van der Waals surface area contributed by atoms with E-state index < -0.39 is 0 Å². The number of halogens is 2. The molecule has 0 amide bonds. The third kappa shape index (κ3) is 3.80. The lowest BCUT2D eigenvalue weighted by atomic mass is 9.87. The number of alkyl halides is 1. The highest BCUT2D eigenvalue weighted by molar-refractivity contribution is 9.10. The summed E-state index contributed by atoms with van der Waals surface area (Å²) in [6.45, 7) is 7.29. The Kier molecular flexibility index (Phi) is 4.65. The smallest absolute Gasteiger partial charge is 0.133 e. The third-order valence-corrected chi connectivity index (χ3v) is 3.08. The Morgan fingerprint density at radius 1 is 1.27 bits per heavy atom. The first-order valence-corrected chi connectivity index (χ1v) is 6.85. The number of benzene rings is 1. The molecular weight excluding hydrogens is 320 g/mol. The van der Waals surface area contributed by atoms with Gasteiger partial charge in [0.2, 0.25) is 0 Å². The zero-order chi connectivity index (χ0) is 11.5. The third-order valence-electron chi connectivity index (χ3n) is 2.13. The molecule has 3 heteroatoms. The molecule has 15 heavy (non-hydrogen) atoms. The molecule has 0 bridgehead atoms. The molecule has 0 radical (unpaired) electrons. The van der Waals surface area contributed by atoms with Crippen LogP contribution in [0.15, 0.2) is 22.7 Å². The molecule has 0 aliphatic rings. The van der Waals surface area contributed by atoms with Gasteiger partial charge in [0, 0.05) is 5.33 Å². The highest BCUT2D eigenvalue weighted by atomic mass is 79.9. The monoisotopic (exact) mass is 334 g/mol. The van der Waals surface area contributed by atoms with Crippen molar-refractivity contribution in [1.29, 1.82) is 0 Å². The van der Waals surface area contributed by atoms with Crippen molar-refractivity contribution < 1.29 is 4.74 Å². The summed E-state index contributed by atoms with van der Waals surface area (Å²) in [6, 6.07) is 6.27. The van der Waals surface area contributed by atoms with Crippen molar-refractivity contribution in [2.75, 3.05) is 11.9 Å². The molecule has 84 valence electrons. The van der Waals surface area contributed by atoms with Crippen LogP contribution in [0.3, 0.4) is 0 Å². The fourth-order valence-corrected chi connectivity index (χ4v) is 1.89. The van der Waals surface area contributed by atoms with Crippen molar-refractivity contribution in [2.45, 2.75) is 26.2 Å². The fraction of sp³-hybridized carbons (Fsp3) is 0.500. The van der Waals surface area contributed by atoms with Crippen LogP contribution >= 0.6 is 31.9 Å². The Bertz CT molecular complexity index is 329. The molecular formula is C12H16Br2O. The molecule has 1 rings (SSSR count). The van der Waals surface area contributed by atoms with E-state index in [0.717, 1.165) is 15.6 Å². The zero-order valence-electron chi connectivity index (χ0n) is 9.31. The molecule has 0 N–H and O–H groups in total. The van der Waals surface area contributed by atoms with Crippen LogP contribution in [0, 0.1) is 0 Å². The van der Waals surface area contributed by atoms with Crippen LogP contribution in [-0.4, -0.2) is 11.9 Å². The van der Waals surface area contributed by atoms with Crippen molar-refractivity contribution in [3.05, 3.63) is 28.2 Å². The molecule has 1 aromatic carbocycles. The average Bonchev–Trinajstić information content (AvgIpc) is 2.14. The Morgan fingerprint density at radius 2 is 1.93 bits per heavy atom. The summed E-state index contributed by atoms with van der Waals surface area (Å²) in [7, 11) is 0. The van der Waals surface area contributed by atoms with Crippen molar-refractivity contribution in [3.63, 3.8) is 0 Å². The maximum Gasteiger partial charge on any atom is 0.133 e. The van der Waals surface area contributed by atoms with E-state index in [1.807, 2.05) is 6.07 Å². The summed E-state index contributed by atoms with van der Waals surface area (Å²) in [5.74, 6) is 0.905. The predicted octanol–water partition coefficient (Wildman–Crippen LogP) is 4.52. The van der Waals surface area contributed by atoms with Gasteiger partial charge in [0.1, 0.15) is 5.75 Å². The standard InChI is InChI=1S/C12H16Br2O/c1-12(2,3)9-4-5-11(10(14)8-9)15-7-6-13/h4-5,8H,6-7H2,1-3H3. The van der Waals surface area contributed by atoms with Crippen LogP contribution < -0.4 is 4.74 Å². The average molecular weight is 336 g/mol. The summed E-state index contributed by atoms with van der Waals surface area (Å²) in [4.78, 5) is 0. The molecule has 0 spiro atoms. The zero-order valence-corrected chi connectivity index (χ0v) is 12.5. The molecule has 0 heterocycles. The quantitative estimate of drug-likeness (QED) is 0.738. The molecule has 0 aliphatic heterocycles. The Labute approximate surface area is 108 Å². The van der Waals surface area contributed by atoms with Crippen molar-refractivity contribution >= 4 is 31.9 Å². The Hall–Kier alpha value is -0.0200. The van der Waals surface area contributed by atoms with Crippen LogP contribution in [-0.2, 0) is 5.41 Å². The highest BCUT2D eigenvalue weighted by Crippen LogP contribution is 2.31. The molecule has 1 aromatic rings. The second kappa shape index (κ2) is 5.35. The summed E-state index contributed by atoms with van der Waals surface area (Å²) in [5, 5.41) is 0.848. The van der Waals surface area contributed by atoms with Gasteiger partial charge in [-0.3, -0.25) is 0 Å². The van der Waals surface area contributed by atoms with Crippen molar-refractivity contribution in [3.8, 4) is 5.75 Å². The lowest BCUT2D eigenvalue weighted by molar-refractivity contribution is 0.342. The number of rotatable bonds is 3. The molecule has 0 atom stereocenters. The van der Waals surface area contributed by atoms with E-state index in [0.29, 0.717) is 6.61 Å². The van der Waals surface area contributed by atoms with Gasteiger partial charge in [0.15, 0.2) is 0 Å². The minimum atomic E-state index is 0.177. The molecule has 0 saturated carbocycles. The topological polar surface area (TPSA) is 9.23 Å². The fourth-order valence-electron chi connectivity index (χ4n) is 1.23. The largest absolute Gasteiger partial charge is 0.492 e. The summed E-state index contributed by atoms with van der Waals surface area (Å²) >= 11 is 6.87. The van der Waals surface area contributed by atoms with Crippen molar-refractivity contribution in [1.82, 2.24) is 0 Å². The molecule has 0 unspecified atom stereocenters. The highest BCUT2D eigenvalue weighted by Gasteiger charge is 2.15. The van der Waals surface area contributed by atoms with Gasteiger partial charge >= 0.3 is 0 Å². The van der Waals surface area contributed by atoms with E-state index in [-0.39, 0.29) is 5.41 Å². The first kappa shape index (κ1) is 13.0. The van der Waals surface area contributed by atoms with Gasteiger partial charge in [-0.25, -0.2) is 0 Å². The van der Waals surface area contributed by atoms with Gasteiger partial charge in [0.05, 0.1) is 11.1 Å². The lowest BCUT2D eigenvalue weighted by Crippen LogP contribution is -2.11. The van der Waals surface area contributed by atoms with E-state index in [4.69, 9.17) is 4.74 Å². The van der Waals surface area contributed by atoms with Crippen molar-refractivity contribution in [2.24, 2.45) is 0 Å². The number of hydrogen-bond donors (Lipinski definition) is 0. The summed E-state index contributed by atoms with van der Waals surface area (Å²) in [6.07, 6.45) is 0. The molecule has 1 nitrogen and oxygen atoms in total. The van der Waals surface area contributed by atoms with Crippen LogP contribution in [0.4, 0.5) is 0 Å². The van der Waals surface area contributed by atoms with Crippen LogP contribution in [0.5, 0.6) is 5.75 Å². The van der Waals surface area contributed by atoms with E-state index in [9.17, 15) is 0 Å². The normalized spacial score (nSPS) is 11.5. The van der Waals surface area contributed by atoms with Gasteiger partial charge in [0.25, 0.3) is 0 Å². The lowest BCUT2D eigenvalue weighted by Gasteiger charge is -2.20. The van der Waals surface area contributed by atoms with E-state index >= 15 is 0 Å². The Morgan fingerprint density at radius 3 is 2.40 bits per heavy atom. The summed E-state index contributed by atoms with van der Waals surface area (Å²) < 4.78 is 6.58. The minimum Gasteiger partial charge on any atom is -0.492 e. The number of hydrogen-bond acceptors (Lipinski definition) is 1. The second-order valence-electron chi connectivity index (χ2n) is 4.43. The Balaban J connectivity index is 2.88. The van der Waals surface area contributed by atoms with Crippen LogP contribution in [0.1, 0.15) is 26.3 Å². The molecule has 0 aromatic heterocycles. The van der Waals surface area contributed by atoms with Crippen LogP contribution in [0.2, 0.25) is 0 Å². The van der Waals surface area contributed by atoms with E-state index in [1.54, 1.807) is 0 Å². The molecule has 0 saturated heterocycles. The van der Waals surface area contributed by atoms with Gasteiger partial charge in [-0.05, 0) is 39.0 Å². The van der Waals surface area contributed by atoms with Gasteiger partial charge in [-0.2, -0.15) is 0 Å². The molecule has 0 aliphatic carbocycles.